The Kier molecular flexibility index (Phi) is 4.17. The zero-order chi connectivity index (χ0) is 14.8. The van der Waals surface area contributed by atoms with Crippen LogP contribution >= 0.6 is 0 Å². The van der Waals surface area contributed by atoms with Gasteiger partial charge < -0.3 is 15.5 Å². The Labute approximate surface area is 119 Å². The highest BCUT2D eigenvalue weighted by atomic mass is 32.2. The Balaban J connectivity index is 1.92. The molecule has 1 fully saturated rings. The van der Waals surface area contributed by atoms with Crippen LogP contribution in [0.3, 0.4) is 0 Å². The molecule has 1 aliphatic rings. The van der Waals surface area contributed by atoms with Gasteiger partial charge in [0.15, 0.2) is 9.84 Å². The fourth-order valence-electron chi connectivity index (χ4n) is 2.21. The van der Waals surface area contributed by atoms with Gasteiger partial charge in [-0.25, -0.2) is 8.42 Å². The minimum atomic E-state index is -3.26. The van der Waals surface area contributed by atoms with Gasteiger partial charge in [-0.1, -0.05) is 0 Å². The number of sulfone groups is 1. The van der Waals surface area contributed by atoms with E-state index < -0.39 is 15.6 Å². The molecule has 1 aromatic rings. The zero-order valence-electron chi connectivity index (χ0n) is 11.4. The molecule has 6 nitrogen and oxygen atoms in total. The van der Waals surface area contributed by atoms with Crippen molar-refractivity contribution in [3.63, 3.8) is 0 Å². The number of rotatable bonds is 3. The van der Waals surface area contributed by atoms with E-state index in [1.54, 1.807) is 4.90 Å². The van der Waals surface area contributed by atoms with Crippen LogP contribution < -0.4 is 10.6 Å². The fraction of sp³-hybridized carbons (Fsp3) is 0.462. The number of hydrogen-bond donors (Lipinski definition) is 1. The van der Waals surface area contributed by atoms with Gasteiger partial charge in [0, 0.05) is 43.8 Å². The number of nitrogens with zero attached hydrogens (tertiary/aromatic N) is 2. The van der Waals surface area contributed by atoms with Crippen LogP contribution in [0.2, 0.25) is 0 Å². The third kappa shape index (κ3) is 3.86. The summed E-state index contributed by atoms with van der Waals surface area (Å²) in [7, 11) is -3.26. The molecule has 0 radical (unpaired) electrons. The number of hydrogen-bond acceptors (Lipinski definition) is 5. The van der Waals surface area contributed by atoms with Crippen molar-refractivity contribution in [1.29, 1.82) is 0 Å². The molecule has 2 rings (SSSR count). The topological polar surface area (TPSA) is 83.7 Å². The summed E-state index contributed by atoms with van der Waals surface area (Å²) >= 11 is 0. The van der Waals surface area contributed by atoms with Crippen molar-refractivity contribution in [3.05, 3.63) is 24.3 Å². The molecule has 0 bridgehead atoms. The van der Waals surface area contributed by atoms with Crippen LogP contribution in [0, 0.1) is 0 Å². The molecule has 110 valence electrons. The Bertz CT molecular complexity index is 575. The van der Waals surface area contributed by atoms with Gasteiger partial charge in [0.25, 0.3) is 0 Å². The first-order valence-corrected chi connectivity index (χ1v) is 8.47. The third-order valence-electron chi connectivity index (χ3n) is 3.28. The highest BCUT2D eigenvalue weighted by molar-refractivity contribution is 7.91. The van der Waals surface area contributed by atoms with Crippen LogP contribution in [0.4, 0.5) is 11.4 Å². The van der Waals surface area contributed by atoms with E-state index in [1.165, 1.54) is 0 Å². The van der Waals surface area contributed by atoms with Crippen LogP contribution in [0.15, 0.2) is 24.3 Å². The second-order valence-corrected chi connectivity index (χ2v) is 7.17. The molecule has 0 aliphatic carbocycles. The summed E-state index contributed by atoms with van der Waals surface area (Å²) in [5.74, 6) is -0.723. The largest absolute Gasteiger partial charge is 0.399 e. The summed E-state index contributed by atoms with van der Waals surface area (Å²) in [6, 6.07) is 7.58. The quantitative estimate of drug-likeness (QED) is 0.792. The van der Waals surface area contributed by atoms with Gasteiger partial charge in [-0.2, -0.15) is 0 Å². The highest BCUT2D eigenvalue weighted by Crippen LogP contribution is 2.18. The number of nitrogen functional groups attached to an aromatic ring is 1. The molecule has 0 unspecified atom stereocenters. The predicted molar refractivity (Wildman–Crippen MR) is 79.4 cm³/mol. The van der Waals surface area contributed by atoms with Crippen molar-refractivity contribution < 1.29 is 13.2 Å². The van der Waals surface area contributed by atoms with E-state index in [1.807, 2.05) is 24.3 Å². The number of carbonyl (C=O) groups excluding carboxylic acids is 1. The maximum absolute atomic E-state index is 11.8. The first-order chi connectivity index (χ1) is 9.35. The van der Waals surface area contributed by atoms with Gasteiger partial charge in [-0.15, -0.1) is 0 Å². The van der Waals surface area contributed by atoms with Crippen LogP contribution in [0.5, 0.6) is 0 Å². The van der Waals surface area contributed by atoms with E-state index in [2.05, 4.69) is 4.90 Å². The maximum atomic E-state index is 11.8. The molecular formula is C13H19N3O3S. The van der Waals surface area contributed by atoms with E-state index in [0.29, 0.717) is 26.2 Å². The number of nitrogens with two attached hydrogens (primary N) is 1. The van der Waals surface area contributed by atoms with Gasteiger partial charge >= 0.3 is 0 Å². The van der Waals surface area contributed by atoms with Gasteiger partial charge in [-0.05, 0) is 24.3 Å². The highest BCUT2D eigenvalue weighted by Gasteiger charge is 2.23. The molecule has 1 amide bonds. The Morgan fingerprint density at radius 1 is 1.15 bits per heavy atom. The molecule has 1 aliphatic heterocycles. The molecule has 0 saturated carbocycles. The van der Waals surface area contributed by atoms with Crippen molar-refractivity contribution in [2.75, 3.05) is 48.8 Å². The zero-order valence-corrected chi connectivity index (χ0v) is 12.3. The van der Waals surface area contributed by atoms with E-state index in [9.17, 15) is 13.2 Å². The molecule has 0 atom stereocenters. The van der Waals surface area contributed by atoms with E-state index in [4.69, 9.17) is 5.73 Å². The van der Waals surface area contributed by atoms with Crippen LogP contribution in [0.1, 0.15) is 0 Å². The Morgan fingerprint density at radius 3 is 2.20 bits per heavy atom. The fourth-order valence-corrected chi connectivity index (χ4v) is 2.85. The number of carbonyl (C=O) groups is 1. The second kappa shape index (κ2) is 5.70. The summed E-state index contributed by atoms with van der Waals surface area (Å²) in [4.78, 5) is 15.6. The molecule has 20 heavy (non-hydrogen) atoms. The normalized spacial score (nSPS) is 16.2. The minimum absolute atomic E-state index is 0.315. The summed E-state index contributed by atoms with van der Waals surface area (Å²) in [6.07, 6.45) is 1.08. The molecule has 0 spiro atoms. The van der Waals surface area contributed by atoms with E-state index in [-0.39, 0.29) is 5.91 Å². The molecular weight excluding hydrogens is 278 g/mol. The molecule has 1 heterocycles. The summed E-state index contributed by atoms with van der Waals surface area (Å²) in [6.45, 7) is 2.47. The number of benzene rings is 1. The van der Waals surface area contributed by atoms with Gasteiger partial charge in [-0.3, -0.25) is 4.79 Å². The Morgan fingerprint density at radius 2 is 1.70 bits per heavy atom. The van der Waals surface area contributed by atoms with Crippen molar-refractivity contribution in [1.82, 2.24) is 4.90 Å². The van der Waals surface area contributed by atoms with Crippen molar-refractivity contribution in [2.45, 2.75) is 0 Å². The summed E-state index contributed by atoms with van der Waals surface area (Å²) < 4.78 is 22.3. The Hall–Kier alpha value is -1.76. The second-order valence-electron chi connectivity index (χ2n) is 5.03. The van der Waals surface area contributed by atoms with Crippen molar-refractivity contribution in [2.24, 2.45) is 0 Å². The van der Waals surface area contributed by atoms with Crippen molar-refractivity contribution >= 4 is 27.1 Å². The molecule has 2 N–H and O–H groups in total. The smallest absolute Gasteiger partial charge is 0.237 e. The first-order valence-electron chi connectivity index (χ1n) is 6.41. The molecule has 7 heteroatoms. The SMILES string of the molecule is CS(=O)(=O)CC(=O)N1CCN(c2ccc(N)cc2)CC1. The first kappa shape index (κ1) is 14.6. The number of amides is 1. The van der Waals surface area contributed by atoms with Gasteiger partial charge in [0.05, 0.1) is 0 Å². The maximum Gasteiger partial charge on any atom is 0.237 e. The predicted octanol–water partition coefficient (Wildman–Crippen LogP) is -0.0380. The standard InChI is InChI=1S/C13H19N3O3S/c1-20(18,19)10-13(17)16-8-6-15(7-9-16)12-4-2-11(14)3-5-12/h2-5H,6-10,14H2,1H3. The monoisotopic (exact) mass is 297 g/mol. The average Bonchev–Trinajstić information content (AvgIpc) is 2.38. The average molecular weight is 297 g/mol. The van der Waals surface area contributed by atoms with Gasteiger partial charge in [0.2, 0.25) is 5.91 Å². The lowest BCUT2D eigenvalue weighted by atomic mass is 10.2. The van der Waals surface area contributed by atoms with Crippen LogP contribution in [0.25, 0.3) is 0 Å². The van der Waals surface area contributed by atoms with E-state index >= 15 is 0 Å². The number of piperazine rings is 1. The molecule has 1 saturated heterocycles. The van der Waals surface area contributed by atoms with Crippen molar-refractivity contribution in [3.8, 4) is 0 Å². The lowest BCUT2D eigenvalue weighted by Gasteiger charge is -2.36. The van der Waals surface area contributed by atoms with Crippen LogP contribution in [-0.4, -0.2) is 57.4 Å². The lowest BCUT2D eigenvalue weighted by molar-refractivity contribution is -0.128. The molecule has 0 aromatic heterocycles. The van der Waals surface area contributed by atoms with E-state index in [0.717, 1.165) is 17.6 Å². The molecule has 1 aromatic carbocycles. The van der Waals surface area contributed by atoms with Gasteiger partial charge in [0.1, 0.15) is 5.75 Å². The summed E-state index contributed by atoms with van der Waals surface area (Å²) in [5.41, 5.74) is 7.43. The lowest BCUT2D eigenvalue weighted by Crippen LogP contribution is -2.50. The third-order valence-corrected chi connectivity index (χ3v) is 4.05. The summed E-state index contributed by atoms with van der Waals surface area (Å²) in [5, 5.41) is 0. The number of anilines is 2. The minimum Gasteiger partial charge on any atom is -0.399 e. The van der Waals surface area contributed by atoms with Crippen LogP contribution in [-0.2, 0) is 14.6 Å².